The highest BCUT2D eigenvalue weighted by atomic mass is 35.5. The molecule has 14 heteroatoms. The molecule has 2 heterocycles. The van der Waals surface area contributed by atoms with Crippen molar-refractivity contribution >= 4 is 67.2 Å². The number of nitrogens with zero attached hydrogens (tertiary/aromatic N) is 2. The first-order valence-electron chi connectivity index (χ1n) is 10.3. The van der Waals surface area contributed by atoms with E-state index in [1.165, 1.54) is 30.3 Å². The Hall–Kier alpha value is -2.77. The van der Waals surface area contributed by atoms with Crippen molar-refractivity contribution in [2.24, 2.45) is 0 Å². The highest BCUT2D eigenvalue weighted by Gasteiger charge is 2.24. The summed E-state index contributed by atoms with van der Waals surface area (Å²) in [6, 6.07) is 10.5. The molecule has 0 radical (unpaired) electrons. The molecule has 0 spiro atoms. The Kier molecular flexibility index (Phi) is 7.87. The molecule has 2 amide bonds. The number of hydrogen-bond acceptors (Lipinski definition) is 8. The van der Waals surface area contributed by atoms with E-state index in [1.807, 2.05) is 0 Å². The Bertz CT molecular complexity index is 1360. The fourth-order valence-corrected chi connectivity index (χ4v) is 5.74. The van der Waals surface area contributed by atoms with Crippen LogP contribution in [0.25, 0.3) is 0 Å². The van der Waals surface area contributed by atoms with Gasteiger partial charge < -0.3 is 10.1 Å². The van der Waals surface area contributed by atoms with Gasteiger partial charge in [-0.1, -0.05) is 46.7 Å². The van der Waals surface area contributed by atoms with E-state index in [1.54, 1.807) is 12.1 Å². The van der Waals surface area contributed by atoms with E-state index in [0.717, 1.165) is 12.8 Å². The number of benzene rings is 2. The lowest BCUT2D eigenvalue weighted by Crippen LogP contribution is -2.32. The van der Waals surface area contributed by atoms with Crippen LogP contribution in [0.5, 0.6) is 0 Å². The zero-order valence-electron chi connectivity index (χ0n) is 18.0. The minimum absolute atomic E-state index is 0.0519. The third kappa shape index (κ3) is 6.27. The number of hydrogen-bond donors (Lipinski definition) is 3. The average Bonchev–Trinajstić information content (AvgIpc) is 3.50. The predicted octanol–water partition coefficient (Wildman–Crippen LogP) is 3.81. The number of halogens is 2. The first-order valence-corrected chi connectivity index (χ1v) is 13.4. The average molecular weight is 556 g/mol. The molecule has 1 atom stereocenters. The number of carbonyl (C=O) groups is 2. The number of aromatic nitrogens is 2. The third-order valence-electron chi connectivity index (χ3n) is 4.96. The second-order valence-corrected chi connectivity index (χ2v) is 11.1. The minimum Gasteiger partial charge on any atom is -0.376 e. The third-order valence-corrected chi connectivity index (χ3v) is 8.08. The van der Waals surface area contributed by atoms with Crippen LogP contribution in [0.2, 0.25) is 10.0 Å². The van der Waals surface area contributed by atoms with Crippen molar-refractivity contribution < 1.29 is 22.7 Å². The van der Waals surface area contributed by atoms with E-state index in [9.17, 15) is 18.0 Å². The van der Waals surface area contributed by atoms with Crippen molar-refractivity contribution in [2.75, 3.05) is 23.2 Å². The van der Waals surface area contributed by atoms with Crippen molar-refractivity contribution in [1.82, 2.24) is 15.5 Å². The summed E-state index contributed by atoms with van der Waals surface area (Å²) in [6.07, 6.45) is 1.74. The van der Waals surface area contributed by atoms with Gasteiger partial charge in [0, 0.05) is 18.2 Å². The monoisotopic (exact) mass is 555 g/mol. The summed E-state index contributed by atoms with van der Waals surface area (Å²) in [7, 11) is -4.20. The highest BCUT2D eigenvalue weighted by molar-refractivity contribution is 7.94. The molecule has 35 heavy (non-hydrogen) atoms. The summed E-state index contributed by atoms with van der Waals surface area (Å²) in [6.45, 7) is 0.991. The zero-order valence-corrected chi connectivity index (χ0v) is 21.1. The van der Waals surface area contributed by atoms with E-state index in [0.29, 0.717) is 29.5 Å². The Labute approximate surface area is 215 Å². The van der Waals surface area contributed by atoms with E-state index >= 15 is 0 Å². The van der Waals surface area contributed by atoms with E-state index < -0.39 is 26.2 Å². The molecule has 1 aliphatic heterocycles. The molecular weight excluding hydrogens is 537 g/mol. The summed E-state index contributed by atoms with van der Waals surface area (Å²) in [4.78, 5) is 25.1. The van der Waals surface area contributed by atoms with Gasteiger partial charge in [0.05, 0.1) is 27.9 Å². The molecule has 3 aromatic rings. The van der Waals surface area contributed by atoms with Crippen LogP contribution in [0.3, 0.4) is 0 Å². The quantitative estimate of drug-likeness (QED) is 0.359. The molecule has 0 aliphatic carbocycles. The minimum atomic E-state index is -4.20. The molecule has 3 N–H and O–H groups in total. The van der Waals surface area contributed by atoms with Crippen molar-refractivity contribution in [1.29, 1.82) is 0 Å². The van der Waals surface area contributed by atoms with Gasteiger partial charge in [-0.05, 0) is 43.2 Å². The van der Waals surface area contributed by atoms with E-state index in [4.69, 9.17) is 27.9 Å². The molecule has 1 aromatic heterocycles. The number of sulfonamides is 1. The summed E-state index contributed by atoms with van der Waals surface area (Å²) in [5.74, 6) is -1.04. The fraction of sp³-hybridized carbons (Fsp3) is 0.238. The van der Waals surface area contributed by atoms with Gasteiger partial charge in [0.2, 0.25) is 5.13 Å². The van der Waals surface area contributed by atoms with Gasteiger partial charge in [-0.2, -0.15) is 8.42 Å². The lowest BCUT2D eigenvalue weighted by molar-refractivity contribution is 0.0858. The maximum Gasteiger partial charge on any atom is 0.291 e. The Balaban J connectivity index is 1.45. The number of anilines is 2. The first kappa shape index (κ1) is 25.3. The van der Waals surface area contributed by atoms with Crippen LogP contribution < -0.4 is 15.4 Å². The molecule has 0 bridgehead atoms. The van der Waals surface area contributed by atoms with Gasteiger partial charge in [-0.25, -0.2) is 0 Å². The summed E-state index contributed by atoms with van der Waals surface area (Å²) < 4.78 is 33.3. The maximum absolute atomic E-state index is 12.9. The Morgan fingerprint density at radius 2 is 1.89 bits per heavy atom. The van der Waals surface area contributed by atoms with Crippen LogP contribution in [0, 0.1) is 0 Å². The van der Waals surface area contributed by atoms with Crippen LogP contribution >= 0.6 is 34.5 Å². The molecular formula is C21H19Cl2N5O5S2. The number of amides is 2. The number of carbonyl (C=O) groups excluding carboxylic acids is 2. The van der Waals surface area contributed by atoms with Gasteiger partial charge in [0.15, 0.2) is 0 Å². The summed E-state index contributed by atoms with van der Waals surface area (Å²) >= 11 is 12.5. The maximum atomic E-state index is 12.9. The lowest BCUT2D eigenvalue weighted by Gasteiger charge is -2.13. The smallest absolute Gasteiger partial charge is 0.291 e. The number of nitrogens with one attached hydrogen (secondary N) is 3. The lowest BCUT2D eigenvalue weighted by atomic mass is 10.1. The summed E-state index contributed by atoms with van der Waals surface area (Å²) in [5.41, 5.74) is 0.354. The molecule has 1 fully saturated rings. The van der Waals surface area contributed by atoms with Crippen LogP contribution in [-0.4, -0.2) is 49.7 Å². The fourth-order valence-electron chi connectivity index (χ4n) is 3.27. The number of para-hydroxylation sites is 1. The van der Waals surface area contributed by atoms with E-state index in [-0.39, 0.29) is 33.1 Å². The van der Waals surface area contributed by atoms with Crippen LogP contribution in [-0.2, 0) is 14.8 Å². The molecule has 1 unspecified atom stereocenters. The van der Waals surface area contributed by atoms with Crippen molar-refractivity contribution in [3.63, 3.8) is 0 Å². The van der Waals surface area contributed by atoms with Gasteiger partial charge in [-0.15, -0.1) is 10.2 Å². The second kappa shape index (κ2) is 10.9. The highest BCUT2D eigenvalue weighted by Crippen LogP contribution is 2.26. The SMILES string of the molecule is O=C(Nc1nnc(S(=O)(=O)Nc2ccccc2C(=O)NCC2CCCO2)s1)c1ccc(Cl)cc1Cl. The van der Waals surface area contributed by atoms with Crippen LogP contribution in [0.4, 0.5) is 10.8 Å². The first-order chi connectivity index (χ1) is 16.7. The van der Waals surface area contributed by atoms with E-state index in [2.05, 4.69) is 25.6 Å². The van der Waals surface area contributed by atoms with Gasteiger partial charge >= 0.3 is 0 Å². The van der Waals surface area contributed by atoms with Crippen LogP contribution in [0.15, 0.2) is 46.8 Å². The normalized spacial score (nSPS) is 15.5. The number of ether oxygens (including phenoxy) is 1. The zero-order chi connectivity index (χ0) is 25.0. The van der Waals surface area contributed by atoms with Gasteiger partial charge in [0.1, 0.15) is 0 Å². The molecule has 10 nitrogen and oxygen atoms in total. The molecule has 184 valence electrons. The molecule has 2 aromatic carbocycles. The second-order valence-electron chi connectivity index (χ2n) is 7.45. The molecule has 0 saturated carbocycles. The van der Waals surface area contributed by atoms with Crippen molar-refractivity contribution in [2.45, 2.75) is 23.3 Å². The number of rotatable bonds is 8. The largest absolute Gasteiger partial charge is 0.376 e. The molecule has 4 rings (SSSR count). The molecule has 1 saturated heterocycles. The standard InChI is InChI=1S/C21H19Cl2N5O5S2/c22-12-7-8-14(16(23)10-12)19(30)25-20-26-27-21(34-20)35(31,32)28-17-6-2-1-5-15(17)18(29)24-11-13-4-3-9-33-13/h1-2,5-8,10,13,28H,3-4,9,11H2,(H,24,29)(H,25,26,30). The van der Waals surface area contributed by atoms with Gasteiger partial charge in [-0.3, -0.25) is 19.6 Å². The topological polar surface area (TPSA) is 139 Å². The predicted molar refractivity (Wildman–Crippen MR) is 133 cm³/mol. The van der Waals surface area contributed by atoms with Gasteiger partial charge in [0.25, 0.3) is 26.2 Å². The van der Waals surface area contributed by atoms with Crippen molar-refractivity contribution in [3.05, 3.63) is 63.6 Å². The molecule has 1 aliphatic rings. The Morgan fingerprint density at radius 1 is 1.09 bits per heavy atom. The van der Waals surface area contributed by atoms with Crippen molar-refractivity contribution in [3.8, 4) is 0 Å². The summed E-state index contributed by atoms with van der Waals surface area (Å²) in [5, 5.41) is 13.0. The Morgan fingerprint density at radius 3 is 2.63 bits per heavy atom. The van der Waals surface area contributed by atoms with Crippen LogP contribution in [0.1, 0.15) is 33.6 Å².